The molecule has 1 amide bonds. The minimum Gasteiger partial charge on any atom is -0.480 e. The molecule has 0 saturated carbocycles. The fourth-order valence-electron chi connectivity index (χ4n) is 4.50. The summed E-state index contributed by atoms with van der Waals surface area (Å²) in [4.78, 5) is 24.9. The standard InChI is InChI=1S/C31H36ClNO4S/c1-21-9-6-7-13-25(21)27-20-23(15-16-26(27)30(35)33-28(31(36)37)17-18-38-2)29(34)14-5-3-4-10-22-11-8-12-24(32)19-22/h6-9,11-13,15-16,19-20,28-29,34H,3-5,10,14,17-18H2,1-2H3,(H,33,35)(H,36,37)/t28-,29?/m0/s1. The van der Waals surface area contributed by atoms with Crippen LogP contribution in [0.2, 0.25) is 5.02 Å². The Kier molecular flexibility index (Phi) is 11.7. The van der Waals surface area contributed by atoms with Gasteiger partial charge in [-0.1, -0.05) is 66.9 Å². The summed E-state index contributed by atoms with van der Waals surface area (Å²) in [6, 6.07) is 20.0. The van der Waals surface area contributed by atoms with Crippen LogP contribution in [0.5, 0.6) is 0 Å². The summed E-state index contributed by atoms with van der Waals surface area (Å²) >= 11 is 7.60. The van der Waals surface area contributed by atoms with E-state index in [4.69, 9.17) is 11.6 Å². The van der Waals surface area contributed by atoms with Crippen LogP contribution in [0.3, 0.4) is 0 Å². The molecule has 3 rings (SSSR count). The fourth-order valence-corrected chi connectivity index (χ4v) is 5.18. The van der Waals surface area contributed by atoms with Crippen LogP contribution in [-0.4, -0.2) is 40.1 Å². The highest BCUT2D eigenvalue weighted by molar-refractivity contribution is 7.98. The van der Waals surface area contributed by atoms with E-state index >= 15 is 0 Å². The Labute approximate surface area is 234 Å². The van der Waals surface area contributed by atoms with Gasteiger partial charge < -0.3 is 15.5 Å². The molecule has 0 fully saturated rings. The van der Waals surface area contributed by atoms with E-state index in [0.29, 0.717) is 29.7 Å². The number of rotatable bonds is 14. The quantitative estimate of drug-likeness (QED) is 0.186. The molecule has 0 aliphatic heterocycles. The minimum atomic E-state index is -1.05. The lowest BCUT2D eigenvalue weighted by Crippen LogP contribution is -2.41. The number of nitrogens with one attached hydrogen (secondary N) is 1. The Balaban J connectivity index is 1.73. The van der Waals surface area contributed by atoms with E-state index in [9.17, 15) is 19.8 Å². The van der Waals surface area contributed by atoms with Gasteiger partial charge in [0.1, 0.15) is 6.04 Å². The van der Waals surface area contributed by atoms with Gasteiger partial charge in [-0.05, 0) is 96.7 Å². The second-order valence-corrected chi connectivity index (χ2v) is 10.9. The highest BCUT2D eigenvalue weighted by atomic mass is 35.5. The Hall–Kier alpha value is -2.80. The lowest BCUT2D eigenvalue weighted by molar-refractivity contribution is -0.139. The molecule has 0 aromatic heterocycles. The summed E-state index contributed by atoms with van der Waals surface area (Å²) in [5.74, 6) is -0.849. The summed E-state index contributed by atoms with van der Waals surface area (Å²) in [6.45, 7) is 1.97. The monoisotopic (exact) mass is 553 g/mol. The second-order valence-electron chi connectivity index (χ2n) is 9.51. The highest BCUT2D eigenvalue weighted by Crippen LogP contribution is 2.31. The number of carbonyl (C=O) groups is 2. The number of carboxylic acid groups (broad SMARTS) is 1. The number of aliphatic carboxylic acids is 1. The predicted octanol–water partition coefficient (Wildman–Crippen LogP) is 7.09. The molecule has 5 nitrogen and oxygen atoms in total. The Morgan fingerprint density at radius 1 is 0.947 bits per heavy atom. The number of aryl methyl sites for hydroxylation is 2. The molecule has 38 heavy (non-hydrogen) atoms. The molecule has 0 saturated heterocycles. The number of carbonyl (C=O) groups excluding carboxylic acids is 1. The van der Waals surface area contributed by atoms with Crippen LogP contribution < -0.4 is 5.32 Å². The zero-order valence-corrected chi connectivity index (χ0v) is 23.5. The van der Waals surface area contributed by atoms with Gasteiger partial charge in [0.05, 0.1) is 6.10 Å². The van der Waals surface area contributed by atoms with Crippen molar-refractivity contribution in [2.45, 2.75) is 57.6 Å². The van der Waals surface area contributed by atoms with Crippen LogP contribution in [0.25, 0.3) is 11.1 Å². The van der Waals surface area contributed by atoms with Crippen molar-refractivity contribution in [2.75, 3.05) is 12.0 Å². The maximum atomic E-state index is 13.2. The molecule has 1 unspecified atom stereocenters. The van der Waals surface area contributed by atoms with Gasteiger partial charge in [0, 0.05) is 10.6 Å². The summed E-state index contributed by atoms with van der Waals surface area (Å²) in [7, 11) is 0. The Morgan fingerprint density at radius 2 is 1.74 bits per heavy atom. The molecule has 7 heteroatoms. The van der Waals surface area contributed by atoms with Crippen LogP contribution in [0.4, 0.5) is 0 Å². The molecule has 0 heterocycles. The van der Waals surface area contributed by atoms with E-state index in [2.05, 4.69) is 11.4 Å². The van der Waals surface area contributed by atoms with Gasteiger partial charge in [-0.25, -0.2) is 4.79 Å². The number of amides is 1. The topological polar surface area (TPSA) is 86.6 Å². The molecule has 0 radical (unpaired) electrons. The number of unbranched alkanes of at least 4 members (excludes halogenated alkanes) is 2. The largest absolute Gasteiger partial charge is 0.480 e. The van der Waals surface area contributed by atoms with Gasteiger partial charge in [-0.2, -0.15) is 11.8 Å². The summed E-state index contributed by atoms with van der Waals surface area (Å²) in [6.07, 6.45) is 6.03. The van der Waals surface area contributed by atoms with E-state index in [0.717, 1.165) is 47.4 Å². The first kappa shape index (κ1) is 29.8. The molecule has 0 aliphatic carbocycles. The number of halogens is 1. The predicted molar refractivity (Wildman–Crippen MR) is 157 cm³/mol. The minimum absolute atomic E-state index is 0.343. The third-order valence-electron chi connectivity index (χ3n) is 6.65. The molecule has 3 aromatic rings. The molecule has 0 aliphatic rings. The molecule has 3 aromatic carbocycles. The van der Waals surface area contributed by atoms with Crippen molar-refractivity contribution in [2.24, 2.45) is 0 Å². The van der Waals surface area contributed by atoms with Crippen molar-refractivity contribution >= 4 is 35.2 Å². The molecule has 3 N–H and O–H groups in total. The van der Waals surface area contributed by atoms with Gasteiger partial charge in [0.25, 0.3) is 5.91 Å². The third kappa shape index (κ3) is 8.62. The first-order valence-electron chi connectivity index (χ1n) is 12.9. The summed E-state index contributed by atoms with van der Waals surface area (Å²) in [5.41, 5.74) is 4.91. The van der Waals surface area contributed by atoms with E-state index in [1.807, 2.05) is 61.7 Å². The molecule has 0 bridgehead atoms. The van der Waals surface area contributed by atoms with Gasteiger partial charge in [-0.3, -0.25) is 4.79 Å². The van der Waals surface area contributed by atoms with Crippen LogP contribution >= 0.6 is 23.4 Å². The second kappa shape index (κ2) is 15.0. The maximum Gasteiger partial charge on any atom is 0.326 e. The zero-order chi connectivity index (χ0) is 27.5. The van der Waals surface area contributed by atoms with Crippen molar-refractivity contribution in [3.63, 3.8) is 0 Å². The summed E-state index contributed by atoms with van der Waals surface area (Å²) < 4.78 is 0. The van der Waals surface area contributed by atoms with Crippen molar-refractivity contribution in [1.82, 2.24) is 5.32 Å². The van der Waals surface area contributed by atoms with Crippen molar-refractivity contribution in [1.29, 1.82) is 0 Å². The molecular weight excluding hydrogens is 518 g/mol. The van der Waals surface area contributed by atoms with Crippen LogP contribution in [0.1, 0.15) is 65.3 Å². The average Bonchev–Trinajstić information content (AvgIpc) is 2.90. The van der Waals surface area contributed by atoms with E-state index in [1.54, 1.807) is 12.1 Å². The number of thioether (sulfide) groups is 1. The summed E-state index contributed by atoms with van der Waals surface area (Å²) in [5, 5.41) is 24.0. The van der Waals surface area contributed by atoms with Crippen molar-refractivity contribution in [3.8, 4) is 11.1 Å². The normalized spacial score (nSPS) is 12.6. The van der Waals surface area contributed by atoms with E-state index in [-0.39, 0.29) is 0 Å². The number of carboxylic acids is 1. The Morgan fingerprint density at radius 3 is 2.45 bits per heavy atom. The lowest BCUT2D eigenvalue weighted by Gasteiger charge is -2.19. The van der Waals surface area contributed by atoms with E-state index < -0.39 is 24.0 Å². The number of aliphatic hydroxyl groups is 1. The Bertz CT molecular complexity index is 1230. The molecule has 202 valence electrons. The number of aliphatic hydroxyl groups excluding tert-OH is 1. The van der Waals surface area contributed by atoms with Crippen LogP contribution in [-0.2, 0) is 11.2 Å². The molecular formula is C31H36ClNO4S. The molecule has 2 atom stereocenters. The highest BCUT2D eigenvalue weighted by Gasteiger charge is 2.23. The number of hydrogen-bond acceptors (Lipinski definition) is 4. The van der Waals surface area contributed by atoms with Crippen LogP contribution in [0.15, 0.2) is 66.7 Å². The first-order chi connectivity index (χ1) is 18.3. The number of benzene rings is 3. The van der Waals surface area contributed by atoms with Gasteiger partial charge in [0.15, 0.2) is 0 Å². The van der Waals surface area contributed by atoms with Crippen LogP contribution in [0, 0.1) is 6.92 Å². The van der Waals surface area contributed by atoms with Gasteiger partial charge in [0.2, 0.25) is 0 Å². The van der Waals surface area contributed by atoms with Gasteiger partial charge >= 0.3 is 5.97 Å². The fraction of sp³-hybridized carbons (Fsp3) is 0.355. The first-order valence-corrected chi connectivity index (χ1v) is 14.7. The average molecular weight is 554 g/mol. The maximum absolute atomic E-state index is 13.2. The smallest absolute Gasteiger partial charge is 0.326 e. The van der Waals surface area contributed by atoms with Crippen molar-refractivity contribution < 1.29 is 19.8 Å². The lowest BCUT2D eigenvalue weighted by atomic mass is 9.91. The van der Waals surface area contributed by atoms with Crippen molar-refractivity contribution in [3.05, 3.63) is 94.0 Å². The number of hydrogen-bond donors (Lipinski definition) is 3. The SMILES string of the molecule is CSCC[C@H](NC(=O)c1ccc(C(O)CCCCCc2cccc(Cl)c2)cc1-c1ccccc1C)C(=O)O. The van der Waals surface area contributed by atoms with E-state index in [1.165, 1.54) is 17.3 Å². The third-order valence-corrected chi connectivity index (χ3v) is 7.53. The zero-order valence-electron chi connectivity index (χ0n) is 22.0. The van der Waals surface area contributed by atoms with Gasteiger partial charge in [-0.15, -0.1) is 0 Å². The molecule has 0 spiro atoms.